The van der Waals surface area contributed by atoms with Crippen LogP contribution in [0.1, 0.15) is 22.8 Å². The molecule has 27 heavy (non-hydrogen) atoms. The Hall–Kier alpha value is -3.03. The van der Waals surface area contributed by atoms with Gasteiger partial charge in [-0.3, -0.25) is 4.79 Å². The van der Waals surface area contributed by atoms with Crippen LogP contribution in [0.4, 0.5) is 24.5 Å². The second-order valence-corrected chi connectivity index (χ2v) is 6.05. The molecule has 2 rings (SSSR count). The summed E-state index contributed by atoms with van der Waals surface area (Å²) in [6.07, 6.45) is -5.57. The van der Waals surface area contributed by atoms with Crippen molar-refractivity contribution < 1.29 is 27.5 Å². The van der Waals surface area contributed by atoms with E-state index < -0.39 is 29.7 Å². The maximum Gasteiger partial charge on any atom is 0.416 e. The van der Waals surface area contributed by atoms with Gasteiger partial charge < -0.3 is 15.0 Å². The quantitative estimate of drug-likeness (QED) is 0.798. The minimum atomic E-state index is -4.45. The van der Waals surface area contributed by atoms with E-state index in [0.29, 0.717) is 0 Å². The SMILES string of the molecule is C[C@H](OC(=O)c1ccc(N(C)C)cc1)C(=O)Nc1ccc(C(F)(F)F)cc1. The van der Waals surface area contributed by atoms with Crippen molar-refractivity contribution >= 4 is 23.3 Å². The average molecular weight is 380 g/mol. The molecule has 0 radical (unpaired) electrons. The number of benzene rings is 2. The minimum Gasteiger partial charge on any atom is -0.449 e. The molecule has 2 aromatic carbocycles. The van der Waals surface area contributed by atoms with Gasteiger partial charge in [0.2, 0.25) is 0 Å². The van der Waals surface area contributed by atoms with Gasteiger partial charge in [0.1, 0.15) is 0 Å². The van der Waals surface area contributed by atoms with Gasteiger partial charge in [-0.05, 0) is 55.5 Å². The Bertz CT molecular complexity index is 800. The fourth-order valence-electron chi connectivity index (χ4n) is 2.16. The Balaban J connectivity index is 1.95. The number of carbonyl (C=O) groups is 2. The number of alkyl halides is 3. The van der Waals surface area contributed by atoms with Crippen LogP contribution in [0, 0.1) is 0 Å². The summed E-state index contributed by atoms with van der Waals surface area (Å²) in [7, 11) is 3.72. The Morgan fingerprint density at radius 3 is 2.04 bits per heavy atom. The first-order valence-corrected chi connectivity index (χ1v) is 8.04. The molecule has 0 aliphatic rings. The highest BCUT2D eigenvalue weighted by Gasteiger charge is 2.30. The Morgan fingerprint density at radius 2 is 1.56 bits per heavy atom. The van der Waals surface area contributed by atoms with E-state index in [9.17, 15) is 22.8 Å². The molecule has 0 aliphatic heterocycles. The van der Waals surface area contributed by atoms with Crippen molar-refractivity contribution in [3.8, 4) is 0 Å². The van der Waals surface area contributed by atoms with Gasteiger partial charge in [0.15, 0.2) is 6.10 Å². The van der Waals surface area contributed by atoms with Crippen LogP contribution in [-0.4, -0.2) is 32.1 Å². The normalized spacial score (nSPS) is 12.2. The molecule has 1 amide bonds. The number of halogens is 3. The maximum absolute atomic E-state index is 12.5. The number of nitrogens with zero attached hydrogens (tertiary/aromatic N) is 1. The molecule has 0 aromatic heterocycles. The number of nitrogens with one attached hydrogen (secondary N) is 1. The summed E-state index contributed by atoms with van der Waals surface area (Å²) in [5.74, 6) is -1.32. The summed E-state index contributed by atoms with van der Waals surface area (Å²) in [4.78, 5) is 26.1. The molecule has 1 N–H and O–H groups in total. The van der Waals surface area contributed by atoms with E-state index in [1.54, 1.807) is 24.3 Å². The lowest BCUT2D eigenvalue weighted by atomic mass is 10.2. The van der Waals surface area contributed by atoms with E-state index in [4.69, 9.17) is 4.74 Å². The Labute approximate surface area is 154 Å². The van der Waals surface area contributed by atoms with Crippen LogP contribution in [0.5, 0.6) is 0 Å². The second-order valence-electron chi connectivity index (χ2n) is 6.05. The van der Waals surface area contributed by atoms with Gasteiger partial charge in [-0.1, -0.05) is 0 Å². The highest BCUT2D eigenvalue weighted by Crippen LogP contribution is 2.29. The molecular formula is C19H19F3N2O3. The molecule has 0 bridgehead atoms. The van der Waals surface area contributed by atoms with Crippen LogP contribution >= 0.6 is 0 Å². The Morgan fingerprint density at radius 1 is 1.00 bits per heavy atom. The molecule has 0 saturated heterocycles. The first-order chi connectivity index (χ1) is 12.6. The van der Waals surface area contributed by atoms with Crippen LogP contribution in [0.25, 0.3) is 0 Å². The number of ether oxygens (including phenoxy) is 1. The fourth-order valence-corrected chi connectivity index (χ4v) is 2.16. The predicted molar refractivity (Wildman–Crippen MR) is 95.7 cm³/mol. The number of anilines is 2. The molecule has 0 saturated carbocycles. The van der Waals surface area contributed by atoms with Gasteiger partial charge in [-0.25, -0.2) is 4.79 Å². The molecule has 0 spiro atoms. The topological polar surface area (TPSA) is 58.6 Å². The zero-order valence-electron chi connectivity index (χ0n) is 15.0. The summed E-state index contributed by atoms with van der Waals surface area (Å²) < 4.78 is 42.7. The van der Waals surface area contributed by atoms with Crippen LogP contribution in [0.3, 0.4) is 0 Å². The average Bonchev–Trinajstić information content (AvgIpc) is 2.61. The molecule has 0 aliphatic carbocycles. The van der Waals surface area contributed by atoms with Crippen molar-refractivity contribution in [2.45, 2.75) is 19.2 Å². The second kappa shape index (κ2) is 8.11. The minimum absolute atomic E-state index is 0.172. The molecule has 0 heterocycles. The molecular weight excluding hydrogens is 361 g/mol. The van der Waals surface area contributed by atoms with Crippen LogP contribution in [0.2, 0.25) is 0 Å². The third kappa shape index (κ3) is 5.47. The van der Waals surface area contributed by atoms with Crippen molar-refractivity contribution in [2.75, 3.05) is 24.3 Å². The van der Waals surface area contributed by atoms with E-state index in [2.05, 4.69) is 5.32 Å². The van der Waals surface area contributed by atoms with E-state index in [-0.39, 0.29) is 11.3 Å². The van der Waals surface area contributed by atoms with E-state index in [1.165, 1.54) is 6.92 Å². The van der Waals surface area contributed by atoms with Crippen LogP contribution in [0.15, 0.2) is 48.5 Å². The molecule has 144 valence electrons. The van der Waals surface area contributed by atoms with Crippen LogP contribution in [-0.2, 0) is 15.7 Å². The first-order valence-electron chi connectivity index (χ1n) is 8.04. The lowest BCUT2D eigenvalue weighted by Gasteiger charge is -2.15. The van der Waals surface area contributed by atoms with Crippen molar-refractivity contribution in [3.63, 3.8) is 0 Å². The van der Waals surface area contributed by atoms with Gasteiger partial charge >= 0.3 is 12.1 Å². The van der Waals surface area contributed by atoms with Gasteiger partial charge in [0, 0.05) is 25.5 Å². The predicted octanol–water partition coefficient (Wildman–Crippen LogP) is 3.96. The number of esters is 1. The number of hydrogen-bond acceptors (Lipinski definition) is 4. The number of amides is 1. The van der Waals surface area contributed by atoms with E-state index in [0.717, 1.165) is 30.0 Å². The smallest absolute Gasteiger partial charge is 0.416 e. The van der Waals surface area contributed by atoms with Crippen molar-refractivity contribution in [3.05, 3.63) is 59.7 Å². The molecule has 8 heteroatoms. The van der Waals surface area contributed by atoms with Gasteiger partial charge in [-0.15, -0.1) is 0 Å². The number of hydrogen-bond donors (Lipinski definition) is 1. The van der Waals surface area contributed by atoms with Crippen molar-refractivity contribution in [2.24, 2.45) is 0 Å². The zero-order valence-corrected chi connectivity index (χ0v) is 15.0. The van der Waals surface area contributed by atoms with Crippen LogP contribution < -0.4 is 10.2 Å². The summed E-state index contributed by atoms with van der Waals surface area (Å²) in [6.45, 7) is 1.38. The van der Waals surface area contributed by atoms with Gasteiger partial charge in [0.25, 0.3) is 5.91 Å². The lowest BCUT2D eigenvalue weighted by Crippen LogP contribution is -2.30. The number of carbonyl (C=O) groups excluding carboxylic acids is 2. The number of rotatable bonds is 5. The molecule has 0 unspecified atom stereocenters. The lowest BCUT2D eigenvalue weighted by molar-refractivity contribution is -0.137. The van der Waals surface area contributed by atoms with E-state index in [1.807, 2.05) is 19.0 Å². The molecule has 0 fully saturated rings. The highest BCUT2D eigenvalue weighted by molar-refractivity contribution is 5.97. The highest BCUT2D eigenvalue weighted by atomic mass is 19.4. The third-order valence-electron chi connectivity index (χ3n) is 3.75. The van der Waals surface area contributed by atoms with Gasteiger partial charge in [0.05, 0.1) is 11.1 Å². The molecule has 2 aromatic rings. The molecule has 5 nitrogen and oxygen atoms in total. The third-order valence-corrected chi connectivity index (χ3v) is 3.75. The maximum atomic E-state index is 12.5. The largest absolute Gasteiger partial charge is 0.449 e. The summed E-state index contributed by atoms with van der Waals surface area (Å²) >= 11 is 0. The van der Waals surface area contributed by atoms with Crippen molar-refractivity contribution in [1.82, 2.24) is 0 Å². The summed E-state index contributed by atoms with van der Waals surface area (Å²) in [6, 6.07) is 10.6. The summed E-state index contributed by atoms with van der Waals surface area (Å²) in [5, 5.41) is 2.41. The van der Waals surface area contributed by atoms with Crippen molar-refractivity contribution in [1.29, 1.82) is 0 Å². The first kappa shape index (κ1) is 20.3. The fraction of sp³-hybridized carbons (Fsp3) is 0.263. The van der Waals surface area contributed by atoms with E-state index >= 15 is 0 Å². The standard InChI is InChI=1S/C19H19F3N2O3/c1-12(27-18(26)13-4-10-16(11-5-13)24(2)3)17(25)23-15-8-6-14(7-9-15)19(20,21)22/h4-12H,1-3H3,(H,23,25)/t12-/m0/s1. The van der Waals surface area contributed by atoms with Gasteiger partial charge in [-0.2, -0.15) is 13.2 Å². The zero-order chi connectivity index (χ0) is 20.2. The molecule has 1 atom stereocenters. The monoisotopic (exact) mass is 380 g/mol. The Kier molecular flexibility index (Phi) is 6.09. The summed E-state index contributed by atoms with van der Waals surface area (Å²) in [5.41, 5.74) is 0.543.